The van der Waals surface area contributed by atoms with E-state index in [4.69, 9.17) is 32.7 Å². The van der Waals surface area contributed by atoms with Crippen molar-refractivity contribution in [2.45, 2.75) is 37.2 Å². The van der Waals surface area contributed by atoms with Crippen LogP contribution in [0.2, 0.25) is 10.0 Å². The van der Waals surface area contributed by atoms with Gasteiger partial charge in [0.1, 0.15) is 12.6 Å². The maximum atomic E-state index is 14.5. The Morgan fingerprint density at radius 2 is 1.43 bits per heavy atom. The molecule has 0 saturated carbocycles. The second-order valence-electron chi connectivity index (χ2n) is 10.6. The van der Waals surface area contributed by atoms with Crippen LogP contribution in [0.25, 0.3) is 0 Å². The number of ether oxygens (including phenoxy) is 2. The fourth-order valence-electron chi connectivity index (χ4n) is 4.95. The molecular weight excluding hydrogens is 661 g/mol. The maximum absolute atomic E-state index is 14.5. The summed E-state index contributed by atoms with van der Waals surface area (Å²) in [7, 11) is -1.51. The largest absolute Gasteiger partial charge is 0.493 e. The van der Waals surface area contributed by atoms with E-state index in [9.17, 15) is 18.0 Å². The van der Waals surface area contributed by atoms with E-state index in [1.54, 1.807) is 36.4 Å². The summed E-state index contributed by atoms with van der Waals surface area (Å²) >= 11 is 12.3. The molecule has 4 aromatic rings. The molecule has 1 atom stereocenters. The molecule has 2 amide bonds. The molecule has 0 aliphatic rings. The highest BCUT2D eigenvalue weighted by atomic mass is 35.5. The van der Waals surface area contributed by atoms with Gasteiger partial charge in [-0.05, 0) is 66.1 Å². The summed E-state index contributed by atoms with van der Waals surface area (Å²) in [5.74, 6) is -0.391. The predicted molar refractivity (Wildman–Crippen MR) is 185 cm³/mol. The molecule has 0 aliphatic heterocycles. The van der Waals surface area contributed by atoms with Gasteiger partial charge in [0.2, 0.25) is 11.8 Å². The Balaban J connectivity index is 1.81. The van der Waals surface area contributed by atoms with Gasteiger partial charge in [-0.3, -0.25) is 13.9 Å². The van der Waals surface area contributed by atoms with Gasteiger partial charge in [0.15, 0.2) is 11.5 Å². The van der Waals surface area contributed by atoms with Gasteiger partial charge in [-0.15, -0.1) is 0 Å². The third-order valence-electron chi connectivity index (χ3n) is 7.42. The first kappa shape index (κ1) is 35.6. The van der Waals surface area contributed by atoms with Crippen LogP contribution in [-0.4, -0.2) is 58.5 Å². The predicted octanol–water partition coefficient (Wildman–Crippen LogP) is 6.37. The van der Waals surface area contributed by atoms with Crippen molar-refractivity contribution in [3.63, 3.8) is 0 Å². The number of nitrogens with zero attached hydrogens (tertiary/aromatic N) is 2. The minimum Gasteiger partial charge on any atom is -0.493 e. The molecule has 47 heavy (non-hydrogen) atoms. The number of amides is 2. The van der Waals surface area contributed by atoms with Crippen molar-refractivity contribution >= 4 is 50.7 Å². The summed E-state index contributed by atoms with van der Waals surface area (Å²) in [5, 5.41) is 3.84. The lowest BCUT2D eigenvalue weighted by Crippen LogP contribution is -2.53. The number of hydrogen-bond acceptors (Lipinski definition) is 6. The first-order chi connectivity index (χ1) is 22.6. The van der Waals surface area contributed by atoms with Crippen LogP contribution in [0.1, 0.15) is 24.5 Å². The van der Waals surface area contributed by atoms with Crippen LogP contribution >= 0.6 is 23.2 Å². The Bertz CT molecular complexity index is 1750. The lowest BCUT2D eigenvalue weighted by molar-refractivity contribution is -0.140. The van der Waals surface area contributed by atoms with Gasteiger partial charge >= 0.3 is 0 Å². The first-order valence-electron chi connectivity index (χ1n) is 14.9. The van der Waals surface area contributed by atoms with Crippen LogP contribution in [-0.2, 0) is 32.6 Å². The van der Waals surface area contributed by atoms with Gasteiger partial charge in [0.25, 0.3) is 10.0 Å². The summed E-state index contributed by atoms with van der Waals surface area (Å²) in [6.07, 6.45) is 0.905. The molecule has 0 spiro atoms. The van der Waals surface area contributed by atoms with Crippen LogP contribution < -0.4 is 19.1 Å². The van der Waals surface area contributed by atoms with E-state index in [2.05, 4.69) is 5.32 Å². The SMILES string of the molecule is CCCNC(=O)C(Cc1ccccc1)N(Cc1ccc(Cl)cc1)C(=O)CN(c1ccc(Cl)cc1)S(=O)(=O)c1ccc(OC)c(OC)c1. The number of methoxy groups -OCH3 is 2. The van der Waals surface area contributed by atoms with Gasteiger partial charge in [0.05, 0.1) is 24.8 Å². The molecule has 0 bridgehead atoms. The molecule has 12 heteroatoms. The van der Waals surface area contributed by atoms with E-state index in [1.165, 1.54) is 49.5 Å². The average molecular weight is 699 g/mol. The van der Waals surface area contributed by atoms with Gasteiger partial charge in [0, 0.05) is 35.6 Å². The lowest BCUT2D eigenvalue weighted by Gasteiger charge is -2.34. The quantitative estimate of drug-likeness (QED) is 0.155. The average Bonchev–Trinajstić information content (AvgIpc) is 3.08. The highest BCUT2D eigenvalue weighted by molar-refractivity contribution is 7.92. The number of anilines is 1. The van der Waals surface area contributed by atoms with Crippen LogP contribution in [0.4, 0.5) is 5.69 Å². The van der Waals surface area contributed by atoms with E-state index in [-0.39, 0.29) is 35.2 Å². The van der Waals surface area contributed by atoms with E-state index in [1.807, 2.05) is 37.3 Å². The van der Waals surface area contributed by atoms with E-state index in [0.717, 1.165) is 9.87 Å². The van der Waals surface area contributed by atoms with Crippen molar-refractivity contribution in [3.05, 3.63) is 118 Å². The van der Waals surface area contributed by atoms with E-state index >= 15 is 0 Å². The molecule has 4 aromatic carbocycles. The van der Waals surface area contributed by atoms with Crippen molar-refractivity contribution < 1.29 is 27.5 Å². The van der Waals surface area contributed by atoms with E-state index < -0.39 is 28.5 Å². The second kappa shape index (κ2) is 16.5. The normalized spacial score (nSPS) is 11.8. The third kappa shape index (κ3) is 9.18. The second-order valence-corrected chi connectivity index (χ2v) is 13.4. The van der Waals surface area contributed by atoms with Crippen molar-refractivity contribution in [3.8, 4) is 11.5 Å². The lowest BCUT2D eigenvalue weighted by atomic mass is 10.0. The minimum atomic E-state index is -4.36. The Morgan fingerprint density at radius 3 is 2.02 bits per heavy atom. The van der Waals surface area contributed by atoms with Crippen LogP contribution in [0.3, 0.4) is 0 Å². The van der Waals surface area contributed by atoms with Crippen molar-refractivity contribution in [1.29, 1.82) is 0 Å². The zero-order chi connectivity index (χ0) is 34.0. The topological polar surface area (TPSA) is 105 Å². The fourth-order valence-corrected chi connectivity index (χ4v) is 6.63. The van der Waals surface area contributed by atoms with Gasteiger partial charge < -0.3 is 19.7 Å². The standard InChI is InChI=1S/C35H37Cl2N3O6S/c1-4-20-38-35(42)31(21-25-8-6-5-7-9-25)39(23-26-10-12-27(36)13-11-26)34(41)24-40(29-16-14-28(37)15-17-29)47(43,44)30-18-19-32(45-2)33(22-30)46-3/h5-19,22,31H,4,20-21,23-24H2,1-3H3,(H,38,42). The molecule has 1 N–H and O–H groups in total. The number of carbonyl (C=O) groups is 2. The number of halogens is 2. The molecule has 0 aromatic heterocycles. The zero-order valence-corrected chi connectivity index (χ0v) is 28.7. The Morgan fingerprint density at radius 1 is 0.809 bits per heavy atom. The Hall–Kier alpha value is -4.25. The molecule has 0 radical (unpaired) electrons. The third-order valence-corrected chi connectivity index (χ3v) is 9.70. The molecule has 0 fully saturated rings. The van der Waals surface area contributed by atoms with Crippen LogP contribution in [0.15, 0.2) is 102 Å². The summed E-state index contributed by atoms with van der Waals surface area (Å²) in [4.78, 5) is 29.6. The number of nitrogens with one attached hydrogen (secondary N) is 1. The van der Waals surface area contributed by atoms with Crippen LogP contribution in [0, 0.1) is 0 Å². The number of carbonyl (C=O) groups excluding carboxylic acids is 2. The molecule has 0 saturated heterocycles. The molecule has 9 nitrogen and oxygen atoms in total. The smallest absolute Gasteiger partial charge is 0.264 e. The molecule has 0 aliphatic carbocycles. The highest BCUT2D eigenvalue weighted by Gasteiger charge is 2.35. The summed E-state index contributed by atoms with van der Waals surface area (Å²) in [6.45, 7) is 1.76. The van der Waals surface area contributed by atoms with Crippen molar-refractivity contribution in [1.82, 2.24) is 10.2 Å². The van der Waals surface area contributed by atoms with E-state index in [0.29, 0.717) is 34.3 Å². The van der Waals surface area contributed by atoms with Crippen molar-refractivity contribution in [2.75, 3.05) is 31.6 Å². The molecule has 1 unspecified atom stereocenters. The number of sulfonamides is 1. The van der Waals surface area contributed by atoms with Gasteiger partial charge in [-0.2, -0.15) is 0 Å². The molecule has 248 valence electrons. The molecule has 4 rings (SSSR count). The maximum Gasteiger partial charge on any atom is 0.264 e. The van der Waals surface area contributed by atoms with Gasteiger partial charge in [-0.1, -0.05) is 72.6 Å². The number of benzene rings is 4. The summed E-state index contributed by atoms with van der Waals surface area (Å²) in [5.41, 5.74) is 1.76. The van der Waals surface area contributed by atoms with Crippen molar-refractivity contribution in [2.24, 2.45) is 0 Å². The monoisotopic (exact) mass is 697 g/mol. The number of rotatable bonds is 15. The summed E-state index contributed by atoms with van der Waals surface area (Å²) < 4.78 is 40.3. The highest BCUT2D eigenvalue weighted by Crippen LogP contribution is 2.33. The molecule has 0 heterocycles. The minimum absolute atomic E-state index is 0.0257. The van der Waals surface area contributed by atoms with Crippen LogP contribution in [0.5, 0.6) is 11.5 Å². The Labute approximate surface area is 286 Å². The first-order valence-corrected chi connectivity index (χ1v) is 17.1. The fraction of sp³-hybridized carbons (Fsp3) is 0.257. The number of hydrogen-bond donors (Lipinski definition) is 1. The Kier molecular flexibility index (Phi) is 12.5. The molecular formula is C35H37Cl2N3O6S. The zero-order valence-electron chi connectivity index (χ0n) is 26.4. The van der Waals surface area contributed by atoms with Gasteiger partial charge in [-0.25, -0.2) is 8.42 Å². The summed E-state index contributed by atoms with van der Waals surface area (Å²) in [6, 6.07) is 25.7.